The Morgan fingerprint density at radius 2 is 1.89 bits per heavy atom. The quantitative estimate of drug-likeness (QED) is 0.172. The number of imide groups is 1. The molecule has 0 aromatic heterocycles. The zero-order valence-corrected chi connectivity index (χ0v) is 20.5. The molecule has 0 bridgehead atoms. The topological polar surface area (TPSA) is 111 Å². The van der Waals surface area contributed by atoms with E-state index in [0.717, 1.165) is 4.90 Å². The zero-order chi connectivity index (χ0) is 25.1. The minimum Gasteiger partial charge on any atom is -0.493 e. The number of ether oxygens (including phenoxy) is 2. The molecule has 3 aromatic rings. The normalized spacial score (nSPS) is 14.3. The number of nitrogens with one attached hydrogen (secondary N) is 1. The summed E-state index contributed by atoms with van der Waals surface area (Å²) >= 11 is 9.34. The molecule has 0 unspecified atom stereocenters. The van der Waals surface area contributed by atoms with Crippen LogP contribution in [0.3, 0.4) is 0 Å². The molecule has 11 heteroatoms. The van der Waals surface area contributed by atoms with Gasteiger partial charge in [-0.05, 0) is 69.5 Å². The fourth-order valence-corrected chi connectivity index (χ4v) is 4.11. The number of non-ortho nitro benzene ring substituents is 1. The summed E-state index contributed by atoms with van der Waals surface area (Å²) in [5, 5.41) is 14.1. The fourth-order valence-electron chi connectivity index (χ4n) is 3.40. The Hall–Kier alpha value is -3.89. The highest BCUT2D eigenvalue weighted by molar-refractivity contribution is 9.10. The molecule has 0 radical (unpaired) electrons. The molecule has 178 valence electrons. The van der Waals surface area contributed by atoms with E-state index in [4.69, 9.17) is 21.1 Å². The second kappa shape index (κ2) is 10.2. The molecule has 9 nitrogen and oxygen atoms in total. The van der Waals surface area contributed by atoms with Crippen LogP contribution in [0.1, 0.15) is 11.1 Å². The molecule has 0 aliphatic carbocycles. The van der Waals surface area contributed by atoms with Crippen molar-refractivity contribution in [3.05, 3.63) is 97.1 Å². The van der Waals surface area contributed by atoms with Crippen LogP contribution in [0.25, 0.3) is 6.08 Å². The second-order valence-corrected chi connectivity index (χ2v) is 8.65. The third kappa shape index (κ3) is 5.28. The Bertz CT molecular complexity index is 1360. The number of halogens is 2. The highest BCUT2D eigenvalue weighted by Gasteiger charge is 2.34. The van der Waals surface area contributed by atoms with Gasteiger partial charge in [0.05, 0.1) is 22.2 Å². The largest absolute Gasteiger partial charge is 0.493 e. The third-order valence-electron chi connectivity index (χ3n) is 5.03. The standard InChI is InChI=1S/C24H17BrClN3O6/c1-34-21-12-15(10-19(25)22(21)35-13-14-3-2-4-18(9-14)29(32)33)11-20-23(30)28(24(31)27-20)17-7-5-16(26)6-8-17/h2-12H,13H2,1H3,(H,27,31)/b20-11+. The second-order valence-electron chi connectivity index (χ2n) is 7.35. The van der Waals surface area contributed by atoms with E-state index in [0.29, 0.717) is 37.8 Å². The number of carbonyl (C=O) groups excluding carboxylic acids is 2. The summed E-state index contributed by atoms with van der Waals surface area (Å²) in [4.78, 5) is 36.8. The van der Waals surface area contributed by atoms with Gasteiger partial charge in [-0.2, -0.15) is 0 Å². The van der Waals surface area contributed by atoms with Gasteiger partial charge in [0.2, 0.25) is 0 Å². The number of methoxy groups -OCH3 is 1. The minimum atomic E-state index is -0.577. The van der Waals surface area contributed by atoms with Gasteiger partial charge in [0, 0.05) is 17.2 Å². The van der Waals surface area contributed by atoms with Crippen molar-refractivity contribution in [1.82, 2.24) is 5.32 Å². The van der Waals surface area contributed by atoms with E-state index >= 15 is 0 Å². The number of rotatable bonds is 7. The number of anilines is 1. The number of amides is 3. The minimum absolute atomic E-state index is 0.0324. The number of benzene rings is 3. The van der Waals surface area contributed by atoms with Crippen LogP contribution in [0.15, 0.2) is 70.8 Å². The van der Waals surface area contributed by atoms with Gasteiger partial charge >= 0.3 is 6.03 Å². The maximum atomic E-state index is 12.9. The van der Waals surface area contributed by atoms with Gasteiger partial charge in [-0.1, -0.05) is 23.7 Å². The molecule has 0 spiro atoms. The maximum Gasteiger partial charge on any atom is 0.333 e. The zero-order valence-electron chi connectivity index (χ0n) is 18.2. The van der Waals surface area contributed by atoms with Crippen molar-refractivity contribution >= 4 is 56.9 Å². The predicted molar refractivity (Wildman–Crippen MR) is 134 cm³/mol. The molecule has 0 atom stereocenters. The average molecular weight is 559 g/mol. The summed E-state index contributed by atoms with van der Waals surface area (Å²) in [5.41, 5.74) is 1.63. The molecule has 1 aliphatic rings. The molecule has 1 saturated heterocycles. The van der Waals surface area contributed by atoms with Crippen LogP contribution in [0, 0.1) is 10.1 Å². The molecule has 1 aliphatic heterocycles. The number of hydrogen-bond acceptors (Lipinski definition) is 6. The first-order chi connectivity index (χ1) is 16.8. The van der Waals surface area contributed by atoms with Gasteiger partial charge in [-0.25, -0.2) is 9.69 Å². The molecule has 0 saturated carbocycles. The lowest BCUT2D eigenvalue weighted by Crippen LogP contribution is -2.30. The van der Waals surface area contributed by atoms with Crippen LogP contribution in [-0.4, -0.2) is 24.0 Å². The molecule has 35 heavy (non-hydrogen) atoms. The van der Waals surface area contributed by atoms with E-state index < -0.39 is 16.9 Å². The number of carbonyl (C=O) groups is 2. The summed E-state index contributed by atoms with van der Waals surface area (Å²) in [7, 11) is 1.46. The van der Waals surface area contributed by atoms with Crippen molar-refractivity contribution in [2.75, 3.05) is 12.0 Å². The third-order valence-corrected chi connectivity index (χ3v) is 5.87. The van der Waals surface area contributed by atoms with Crippen LogP contribution >= 0.6 is 27.5 Å². The van der Waals surface area contributed by atoms with E-state index in [1.807, 2.05) is 0 Å². The molecule has 3 amide bonds. The van der Waals surface area contributed by atoms with Crippen LogP contribution in [0.2, 0.25) is 5.02 Å². The van der Waals surface area contributed by atoms with E-state index in [2.05, 4.69) is 21.2 Å². The van der Waals surface area contributed by atoms with Gasteiger partial charge in [0.25, 0.3) is 11.6 Å². The first-order valence-electron chi connectivity index (χ1n) is 10.1. The van der Waals surface area contributed by atoms with Crippen molar-refractivity contribution in [2.45, 2.75) is 6.61 Å². The van der Waals surface area contributed by atoms with Gasteiger partial charge < -0.3 is 14.8 Å². The van der Waals surface area contributed by atoms with Crippen LogP contribution < -0.4 is 19.7 Å². The van der Waals surface area contributed by atoms with Crippen molar-refractivity contribution < 1.29 is 24.0 Å². The first kappa shape index (κ1) is 24.2. The molecular formula is C24H17BrClN3O6. The van der Waals surface area contributed by atoms with Crippen LogP contribution in [-0.2, 0) is 11.4 Å². The Balaban J connectivity index is 1.56. The van der Waals surface area contributed by atoms with E-state index in [1.54, 1.807) is 48.5 Å². The number of hydrogen-bond donors (Lipinski definition) is 1. The smallest absolute Gasteiger partial charge is 0.333 e. The Morgan fingerprint density at radius 3 is 2.57 bits per heavy atom. The lowest BCUT2D eigenvalue weighted by molar-refractivity contribution is -0.384. The van der Waals surface area contributed by atoms with Gasteiger partial charge in [0.1, 0.15) is 12.3 Å². The van der Waals surface area contributed by atoms with E-state index in [1.165, 1.54) is 25.3 Å². The fraction of sp³-hybridized carbons (Fsp3) is 0.0833. The number of nitro benzene ring substituents is 1. The Morgan fingerprint density at radius 1 is 1.14 bits per heavy atom. The highest BCUT2D eigenvalue weighted by atomic mass is 79.9. The first-order valence-corrected chi connectivity index (χ1v) is 11.3. The summed E-state index contributed by atoms with van der Waals surface area (Å²) < 4.78 is 11.8. The molecule has 3 aromatic carbocycles. The van der Waals surface area contributed by atoms with Crippen LogP contribution in [0.4, 0.5) is 16.2 Å². The molecule has 4 rings (SSSR count). The summed E-state index contributed by atoms with van der Waals surface area (Å²) in [6, 6.07) is 15.2. The number of nitrogens with zero attached hydrogens (tertiary/aromatic N) is 2. The highest BCUT2D eigenvalue weighted by Crippen LogP contribution is 2.38. The molecule has 1 fully saturated rings. The van der Waals surface area contributed by atoms with Gasteiger partial charge in [0.15, 0.2) is 11.5 Å². The van der Waals surface area contributed by atoms with Crippen LogP contribution in [0.5, 0.6) is 11.5 Å². The lowest BCUT2D eigenvalue weighted by Gasteiger charge is -2.14. The van der Waals surface area contributed by atoms with Crippen molar-refractivity contribution in [3.8, 4) is 11.5 Å². The molecule has 1 N–H and O–H groups in total. The van der Waals surface area contributed by atoms with Gasteiger partial charge in [-0.15, -0.1) is 0 Å². The van der Waals surface area contributed by atoms with E-state index in [9.17, 15) is 19.7 Å². The maximum absolute atomic E-state index is 12.9. The number of urea groups is 1. The predicted octanol–water partition coefficient (Wildman–Crippen LogP) is 5.70. The van der Waals surface area contributed by atoms with E-state index in [-0.39, 0.29) is 18.0 Å². The Kier molecular flexibility index (Phi) is 7.04. The average Bonchev–Trinajstić information content (AvgIpc) is 3.11. The monoisotopic (exact) mass is 557 g/mol. The Labute approximate surface area is 213 Å². The summed E-state index contributed by atoms with van der Waals surface area (Å²) in [6.07, 6.45) is 1.52. The summed E-state index contributed by atoms with van der Waals surface area (Å²) in [6.45, 7) is 0.0711. The lowest BCUT2D eigenvalue weighted by atomic mass is 10.1. The molecular weight excluding hydrogens is 542 g/mol. The van der Waals surface area contributed by atoms with Crippen molar-refractivity contribution in [3.63, 3.8) is 0 Å². The number of nitro groups is 1. The summed E-state index contributed by atoms with van der Waals surface area (Å²) in [5.74, 6) is 0.229. The van der Waals surface area contributed by atoms with Gasteiger partial charge in [-0.3, -0.25) is 14.9 Å². The van der Waals surface area contributed by atoms with Crippen molar-refractivity contribution in [1.29, 1.82) is 0 Å². The molecule has 1 heterocycles. The SMILES string of the molecule is COc1cc(/C=C2/NC(=O)N(c3ccc(Cl)cc3)C2=O)cc(Br)c1OCc1cccc([N+](=O)[O-])c1. The van der Waals surface area contributed by atoms with Crippen molar-refractivity contribution in [2.24, 2.45) is 0 Å².